The smallest absolute Gasteiger partial charge is 0.191 e. The molecule has 0 bridgehead atoms. The topological polar surface area (TPSA) is 69.8 Å². The third kappa shape index (κ3) is 4.81. The summed E-state index contributed by atoms with van der Waals surface area (Å²) >= 11 is 1.83. The van der Waals surface area contributed by atoms with Crippen molar-refractivity contribution in [1.29, 1.82) is 0 Å². The highest BCUT2D eigenvalue weighted by Gasteiger charge is 2.24. The van der Waals surface area contributed by atoms with Crippen LogP contribution in [0.4, 0.5) is 0 Å². The molecule has 3 aromatic heterocycles. The van der Waals surface area contributed by atoms with E-state index in [0.717, 1.165) is 24.0 Å². The van der Waals surface area contributed by atoms with E-state index in [9.17, 15) is 0 Å². The lowest BCUT2D eigenvalue weighted by Crippen LogP contribution is -2.42. The van der Waals surface area contributed by atoms with Gasteiger partial charge in [-0.15, -0.1) is 45.5 Å². The van der Waals surface area contributed by atoms with E-state index >= 15 is 0 Å². The highest BCUT2D eigenvalue weighted by molar-refractivity contribution is 14.0. The van der Waals surface area contributed by atoms with Crippen molar-refractivity contribution in [3.8, 4) is 0 Å². The lowest BCUT2D eigenvalue weighted by Gasteiger charge is -2.27. The Kier molecular flexibility index (Phi) is 7.63. The summed E-state index contributed by atoms with van der Waals surface area (Å²) < 4.78 is 1.99. The molecule has 1 unspecified atom stereocenters. The maximum atomic E-state index is 4.37. The molecule has 0 spiro atoms. The van der Waals surface area contributed by atoms with Gasteiger partial charge < -0.3 is 10.6 Å². The minimum absolute atomic E-state index is 0. The van der Waals surface area contributed by atoms with Gasteiger partial charge in [0.2, 0.25) is 0 Å². The molecule has 4 heterocycles. The summed E-state index contributed by atoms with van der Waals surface area (Å²) in [6.07, 6.45) is 4.55. The van der Waals surface area contributed by atoms with Gasteiger partial charge in [-0.05, 0) is 49.5 Å². The van der Waals surface area contributed by atoms with Crippen LogP contribution in [0.1, 0.15) is 29.6 Å². The molecule has 3 aromatic rings. The highest BCUT2D eigenvalue weighted by atomic mass is 127. The predicted molar refractivity (Wildman–Crippen MR) is 124 cm³/mol. The van der Waals surface area contributed by atoms with E-state index in [4.69, 9.17) is 0 Å². The van der Waals surface area contributed by atoms with Crippen molar-refractivity contribution in [3.05, 3.63) is 52.6 Å². The summed E-state index contributed by atoms with van der Waals surface area (Å²) in [5, 5.41) is 17.5. The predicted octanol–water partition coefficient (Wildman–Crippen LogP) is 2.91. The quantitative estimate of drug-likeness (QED) is 0.303. The van der Waals surface area contributed by atoms with E-state index < -0.39 is 0 Å². The SMILES string of the molecule is CN=C(NCc1nnc2ccccn12)NCC(c1cccs1)N1CCCC1.I. The lowest BCUT2D eigenvalue weighted by atomic mass is 10.2. The maximum Gasteiger partial charge on any atom is 0.191 e. The van der Waals surface area contributed by atoms with Crippen LogP contribution in [0, 0.1) is 0 Å². The van der Waals surface area contributed by atoms with Crippen LogP contribution in [0.15, 0.2) is 46.9 Å². The van der Waals surface area contributed by atoms with Gasteiger partial charge in [0, 0.05) is 24.7 Å². The molecule has 0 aliphatic carbocycles. The second kappa shape index (κ2) is 10.2. The molecule has 1 aliphatic heterocycles. The van der Waals surface area contributed by atoms with Crippen LogP contribution >= 0.6 is 35.3 Å². The minimum atomic E-state index is 0. The fraction of sp³-hybridized carbons (Fsp3) is 0.421. The van der Waals surface area contributed by atoms with Crippen LogP contribution in [0.25, 0.3) is 5.65 Å². The van der Waals surface area contributed by atoms with Gasteiger partial charge in [-0.25, -0.2) is 0 Å². The summed E-state index contributed by atoms with van der Waals surface area (Å²) in [5.41, 5.74) is 0.851. The van der Waals surface area contributed by atoms with Crippen LogP contribution in [-0.4, -0.2) is 52.1 Å². The first-order valence-corrected chi connectivity index (χ1v) is 10.2. The number of aromatic nitrogens is 3. The molecule has 2 N–H and O–H groups in total. The molecule has 0 radical (unpaired) electrons. The number of rotatable bonds is 6. The summed E-state index contributed by atoms with van der Waals surface area (Å²) in [6.45, 7) is 3.74. The number of nitrogens with one attached hydrogen (secondary N) is 2. The van der Waals surface area contributed by atoms with Crippen molar-refractivity contribution in [1.82, 2.24) is 30.1 Å². The van der Waals surface area contributed by atoms with Gasteiger partial charge in [0.25, 0.3) is 0 Å². The molecule has 1 saturated heterocycles. The molecule has 1 atom stereocenters. The molecule has 150 valence electrons. The summed E-state index contributed by atoms with van der Waals surface area (Å²) in [5.74, 6) is 1.64. The third-order valence-electron chi connectivity index (χ3n) is 4.94. The highest BCUT2D eigenvalue weighted by Crippen LogP contribution is 2.27. The summed E-state index contributed by atoms with van der Waals surface area (Å²) in [4.78, 5) is 8.34. The summed E-state index contributed by atoms with van der Waals surface area (Å²) in [7, 11) is 1.80. The van der Waals surface area contributed by atoms with E-state index in [2.05, 4.69) is 48.2 Å². The Morgan fingerprint density at radius 3 is 2.79 bits per heavy atom. The van der Waals surface area contributed by atoms with Gasteiger partial charge >= 0.3 is 0 Å². The average Bonchev–Trinajstić information content (AvgIpc) is 3.47. The lowest BCUT2D eigenvalue weighted by molar-refractivity contribution is 0.249. The molecule has 0 aromatic carbocycles. The van der Waals surface area contributed by atoms with E-state index in [1.54, 1.807) is 7.05 Å². The largest absolute Gasteiger partial charge is 0.354 e. The van der Waals surface area contributed by atoms with Gasteiger partial charge in [0.1, 0.15) is 0 Å². The Bertz CT molecular complexity index is 887. The Morgan fingerprint density at radius 1 is 1.18 bits per heavy atom. The van der Waals surface area contributed by atoms with E-state index in [1.807, 2.05) is 40.1 Å². The van der Waals surface area contributed by atoms with Crippen LogP contribution < -0.4 is 10.6 Å². The number of likely N-dealkylation sites (tertiary alicyclic amines) is 1. The molecule has 7 nitrogen and oxygen atoms in total. The number of guanidine groups is 1. The van der Waals surface area contributed by atoms with Crippen LogP contribution in [0.3, 0.4) is 0 Å². The van der Waals surface area contributed by atoms with E-state index in [-0.39, 0.29) is 24.0 Å². The van der Waals surface area contributed by atoms with Crippen LogP contribution in [0.5, 0.6) is 0 Å². The monoisotopic (exact) mass is 511 g/mol. The van der Waals surface area contributed by atoms with Gasteiger partial charge in [0.15, 0.2) is 17.4 Å². The molecular formula is C19H26IN7S. The molecule has 0 saturated carbocycles. The zero-order valence-electron chi connectivity index (χ0n) is 15.9. The van der Waals surface area contributed by atoms with Crippen molar-refractivity contribution in [2.45, 2.75) is 25.4 Å². The number of pyridine rings is 1. The van der Waals surface area contributed by atoms with Crippen molar-refractivity contribution < 1.29 is 0 Å². The van der Waals surface area contributed by atoms with Crippen LogP contribution in [-0.2, 0) is 6.54 Å². The van der Waals surface area contributed by atoms with Crippen molar-refractivity contribution in [2.75, 3.05) is 26.7 Å². The van der Waals surface area contributed by atoms with Gasteiger partial charge in [-0.1, -0.05) is 12.1 Å². The first kappa shape index (κ1) is 21.0. The molecule has 1 fully saturated rings. The standard InChI is InChI=1S/C19H25N7S.HI/c1-20-19(22-14-18-24-23-17-8-2-3-11-26(17)18)21-13-15(16-7-6-12-27-16)25-9-4-5-10-25;/h2-3,6-8,11-12,15H,4-5,9-10,13-14H2,1H3,(H2,20,21,22);1H. The molecule has 9 heteroatoms. The first-order valence-electron chi connectivity index (χ1n) is 9.36. The number of aliphatic imine (C=N–C) groups is 1. The van der Waals surface area contributed by atoms with Crippen molar-refractivity contribution in [3.63, 3.8) is 0 Å². The zero-order chi connectivity index (χ0) is 18.5. The second-order valence-electron chi connectivity index (χ2n) is 6.63. The number of hydrogen-bond acceptors (Lipinski definition) is 5. The third-order valence-corrected chi connectivity index (χ3v) is 5.91. The number of halogens is 1. The minimum Gasteiger partial charge on any atom is -0.354 e. The Labute approximate surface area is 186 Å². The number of fused-ring (bicyclic) bond motifs is 1. The number of nitrogens with zero attached hydrogens (tertiary/aromatic N) is 5. The van der Waals surface area contributed by atoms with Gasteiger partial charge in [0.05, 0.1) is 12.6 Å². The zero-order valence-corrected chi connectivity index (χ0v) is 19.1. The maximum absolute atomic E-state index is 4.37. The van der Waals surface area contributed by atoms with E-state index in [0.29, 0.717) is 12.6 Å². The van der Waals surface area contributed by atoms with Gasteiger partial charge in [-0.3, -0.25) is 14.3 Å². The number of thiophene rings is 1. The molecule has 1 aliphatic rings. The first-order chi connectivity index (χ1) is 13.3. The number of hydrogen-bond donors (Lipinski definition) is 2. The Balaban J connectivity index is 0.00000225. The molecule has 28 heavy (non-hydrogen) atoms. The average molecular weight is 511 g/mol. The normalized spacial score (nSPS) is 16.1. The van der Waals surface area contributed by atoms with Gasteiger partial charge in [-0.2, -0.15) is 0 Å². The molecular weight excluding hydrogens is 485 g/mol. The molecule has 0 amide bonds. The summed E-state index contributed by atoms with van der Waals surface area (Å²) in [6, 6.07) is 10.6. The van der Waals surface area contributed by atoms with Crippen molar-refractivity contribution in [2.24, 2.45) is 4.99 Å². The van der Waals surface area contributed by atoms with E-state index in [1.165, 1.54) is 30.8 Å². The molecule has 4 rings (SSSR count). The fourth-order valence-corrected chi connectivity index (χ4v) is 4.39. The fourth-order valence-electron chi connectivity index (χ4n) is 3.53. The van der Waals surface area contributed by atoms with Crippen molar-refractivity contribution >= 4 is 46.9 Å². The van der Waals surface area contributed by atoms with Crippen LogP contribution in [0.2, 0.25) is 0 Å². The Morgan fingerprint density at radius 2 is 2.04 bits per heavy atom. The second-order valence-corrected chi connectivity index (χ2v) is 7.61. The Hall–Kier alpha value is -1.72.